The molecule has 23 heavy (non-hydrogen) atoms. The fourth-order valence-corrected chi connectivity index (χ4v) is 4.22. The predicted octanol–water partition coefficient (Wildman–Crippen LogP) is 3.70. The Kier molecular flexibility index (Phi) is 4.42. The maximum absolute atomic E-state index is 13.0. The Bertz CT molecular complexity index is 641. The summed E-state index contributed by atoms with van der Waals surface area (Å²) in [7, 11) is 0. The summed E-state index contributed by atoms with van der Waals surface area (Å²) in [5.41, 5.74) is 3.72. The molecule has 124 valence electrons. The van der Waals surface area contributed by atoms with Gasteiger partial charge in [-0.15, -0.1) is 0 Å². The molecular formula is C19H24O4. The highest BCUT2D eigenvalue weighted by molar-refractivity contribution is 6.02. The Balaban J connectivity index is 1.91. The lowest BCUT2D eigenvalue weighted by atomic mass is 9.73. The molecule has 4 nitrogen and oxygen atoms in total. The van der Waals surface area contributed by atoms with E-state index in [0.717, 1.165) is 35.1 Å². The summed E-state index contributed by atoms with van der Waals surface area (Å²) < 4.78 is 5.40. The average Bonchev–Trinajstić information content (AvgIpc) is 3.03. The van der Waals surface area contributed by atoms with Crippen molar-refractivity contribution >= 4 is 11.8 Å². The predicted molar refractivity (Wildman–Crippen MR) is 87.1 cm³/mol. The van der Waals surface area contributed by atoms with Gasteiger partial charge in [0.15, 0.2) is 12.4 Å². The Morgan fingerprint density at radius 1 is 1.22 bits per heavy atom. The van der Waals surface area contributed by atoms with Crippen LogP contribution in [0.5, 0.6) is 5.75 Å². The lowest BCUT2D eigenvalue weighted by Crippen LogP contribution is -2.29. The lowest BCUT2D eigenvalue weighted by Gasteiger charge is -2.30. The van der Waals surface area contributed by atoms with Gasteiger partial charge in [0.25, 0.3) is 0 Å². The average molecular weight is 316 g/mol. The van der Waals surface area contributed by atoms with E-state index in [4.69, 9.17) is 9.84 Å². The number of fused-ring (bicyclic) bond motifs is 1. The molecule has 3 rings (SSSR count). The molecule has 1 atom stereocenters. The number of carbonyl (C=O) groups excluding carboxylic acids is 1. The van der Waals surface area contributed by atoms with Crippen LogP contribution in [0.25, 0.3) is 0 Å². The molecule has 0 aromatic heterocycles. The van der Waals surface area contributed by atoms with E-state index in [1.165, 1.54) is 25.7 Å². The van der Waals surface area contributed by atoms with Gasteiger partial charge in [-0.3, -0.25) is 4.79 Å². The molecule has 1 aromatic carbocycles. The maximum atomic E-state index is 13.0. The smallest absolute Gasteiger partial charge is 0.341 e. The van der Waals surface area contributed by atoms with Gasteiger partial charge in [0.2, 0.25) is 0 Å². The standard InChI is InChI=1S/C19H24O4/c1-11-12(2)18-14(9-16(11)23-10-17(20)21)7-8-15(19(18)22)13-5-3-4-6-13/h9,13,15H,3-8,10H2,1-2H3,(H,20,21). The summed E-state index contributed by atoms with van der Waals surface area (Å²) in [6, 6.07) is 1.88. The number of carbonyl (C=O) groups is 2. The topological polar surface area (TPSA) is 63.6 Å². The second kappa shape index (κ2) is 6.34. The van der Waals surface area contributed by atoms with Crippen molar-refractivity contribution < 1.29 is 19.4 Å². The zero-order valence-electron chi connectivity index (χ0n) is 13.9. The first-order chi connectivity index (χ1) is 11.0. The third-order valence-electron chi connectivity index (χ3n) is 5.56. The van der Waals surface area contributed by atoms with Crippen molar-refractivity contribution in [1.29, 1.82) is 0 Å². The second-order valence-corrected chi connectivity index (χ2v) is 6.90. The van der Waals surface area contributed by atoms with E-state index in [0.29, 0.717) is 17.5 Å². The number of rotatable bonds is 4. The van der Waals surface area contributed by atoms with E-state index in [2.05, 4.69) is 0 Å². The molecule has 2 aliphatic rings. The van der Waals surface area contributed by atoms with Crippen LogP contribution >= 0.6 is 0 Å². The fourth-order valence-electron chi connectivity index (χ4n) is 4.22. The number of carboxylic acids is 1. The molecule has 0 aliphatic heterocycles. The third kappa shape index (κ3) is 2.99. The van der Waals surface area contributed by atoms with Crippen LogP contribution in [0.1, 0.15) is 59.2 Å². The van der Waals surface area contributed by atoms with Crippen molar-refractivity contribution in [3.05, 3.63) is 28.3 Å². The molecule has 2 aliphatic carbocycles. The number of hydrogen-bond acceptors (Lipinski definition) is 3. The van der Waals surface area contributed by atoms with Gasteiger partial charge in [-0.2, -0.15) is 0 Å². The van der Waals surface area contributed by atoms with Crippen LogP contribution in [-0.2, 0) is 11.2 Å². The molecule has 0 amide bonds. The fraction of sp³-hybridized carbons (Fsp3) is 0.579. The summed E-state index contributed by atoms with van der Waals surface area (Å²) in [6.45, 7) is 3.51. The van der Waals surface area contributed by atoms with Gasteiger partial charge in [-0.05, 0) is 68.2 Å². The van der Waals surface area contributed by atoms with Crippen LogP contribution < -0.4 is 4.74 Å². The summed E-state index contributed by atoms with van der Waals surface area (Å²) in [5.74, 6) is 0.628. The summed E-state index contributed by atoms with van der Waals surface area (Å²) in [6.07, 6.45) is 6.67. The molecule has 0 heterocycles. The number of carboxylic acid groups (broad SMARTS) is 1. The number of aryl methyl sites for hydroxylation is 1. The van der Waals surface area contributed by atoms with Crippen molar-refractivity contribution in [2.24, 2.45) is 11.8 Å². The number of ketones is 1. The Morgan fingerprint density at radius 3 is 2.57 bits per heavy atom. The summed E-state index contributed by atoms with van der Waals surface area (Å²) in [5, 5.41) is 8.79. The number of aliphatic carboxylic acids is 1. The van der Waals surface area contributed by atoms with E-state index >= 15 is 0 Å². The van der Waals surface area contributed by atoms with Crippen molar-refractivity contribution in [2.75, 3.05) is 6.61 Å². The SMILES string of the molecule is Cc1c(OCC(=O)O)cc2c(c1C)C(=O)C(C1CCCC1)CC2. The van der Waals surface area contributed by atoms with Crippen LogP contribution in [0.3, 0.4) is 0 Å². The van der Waals surface area contributed by atoms with Gasteiger partial charge in [-0.25, -0.2) is 4.79 Å². The monoisotopic (exact) mass is 316 g/mol. The Hall–Kier alpha value is -1.84. The number of Topliss-reactive ketones (excluding diaryl/α,β-unsaturated/α-hetero) is 1. The van der Waals surface area contributed by atoms with E-state index in [9.17, 15) is 9.59 Å². The summed E-state index contributed by atoms with van der Waals surface area (Å²) >= 11 is 0. The molecule has 4 heteroatoms. The Morgan fingerprint density at radius 2 is 1.91 bits per heavy atom. The molecule has 0 spiro atoms. The molecule has 0 saturated heterocycles. The highest BCUT2D eigenvalue weighted by Gasteiger charge is 2.36. The van der Waals surface area contributed by atoms with E-state index < -0.39 is 5.97 Å². The van der Waals surface area contributed by atoms with Crippen LogP contribution in [-0.4, -0.2) is 23.5 Å². The first kappa shape index (κ1) is 16.0. The zero-order chi connectivity index (χ0) is 16.6. The first-order valence-corrected chi connectivity index (χ1v) is 8.51. The number of benzene rings is 1. The van der Waals surface area contributed by atoms with Crippen molar-refractivity contribution in [3.63, 3.8) is 0 Å². The lowest BCUT2D eigenvalue weighted by molar-refractivity contribution is -0.139. The molecule has 0 radical (unpaired) electrons. The van der Waals surface area contributed by atoms with Gasteiger partial charge in [0.05, 0.1) is 0 Å². The van der Waals surface area contributed by atoms with E-state index in [1.54, 1.807) is 0 Å². The largest absolute Gasteiger partial charge is 0.482 e. The van der Waals surface area contributed by atoms with Gasteiger partial charge in [-0.1, -0.05) is 12.8 Å². The minimum Gasteiger partial charge on any atom is -0.482 e. The zero-order valence-corrected chi connectivity index (χ0v) is 13.9. The summed E-state index contributed by atoms with van der Waals surface area (Å²) in [4.78, 5) is 23.7. The van der Waals surface area contributed by atoms with Gasteiger partial charge in [0.1, 0.15) is 5.75 Å². The molecular weight excluding hydrogens is 292 g/mol. The van der Waals surface area contributed by atoms with E-state index in [-0.39, 0.29) is 12.5 Å². The Labute approximate surface area is 136 Å². The minimum absolute atomic E-state index is 0.175. The van der Waals surface area contributed by atoms with Crippen LogP contribution in [0, 0.1) is 25.7 Å². The molecule has 1 aromatic rings. The highest BCUT2D eigenvalue weighted by atomic mass is 16.5. The first-order valence-electron chi connectivity index (χ1n) is 8.51. The molecule has 1 unspecified atom stereocenters. The molecule has 0 bridgehead atoms. The third-order valence-corrected chi connectivity index (χ3v) is 5.56. The molecule has 1 N–H and O–H groups in total. The van der Waals surface area contributed by atoms with Crippen LogP contribution in [0.15, 0.2) is 6.07 Å². The van der Waals surface area contributed by atoms with E-state index in [1.807, 2.05) is 19.9 Å². The van der Waals surface area contributed by atoms with Crippen LogP contribution in [0.4, 0.5) is 0 Å². The maximum Gasteiger partial charge on any atom is 0.341 e. The van der Waals surface area contributed by atoms with Gasteiger partial charge >= 0.3 is 5.97 Å². The van der Waals surface area contributed by atoms with Crippen molar-refractivity contribution in [1.82, 2.24) is 0 Å². The molecule has 1 saturated carbocycles. The number of ether oxygens (including phenoxy) is 1. The minimum atomic E-state index is -0.989. The van der Waals surface area contributed by atoms with Gasteiger partial charge in [0, 0.05) is 11.5 Å². The highest BCUT2D eigenvalue weighted by Crippen LogP contribution is 2.41. The van der Waals surface area contributed by atoms with Crippen molar-refractivity contribution in [2.45, 2.75) is 52.4 Å². The normalized spacial score (nSPS) is 21.3. The number of hydrogen-bond donors (Lipinski definition) is 1. The molecule has 1 fully saturated rings. The second-order valence-electron chi connectivity index (χ2n) is 6.90. The van der Waals surface area contributed by atoms with Gasteiger partial charge < -0.3 is 9.84 Å². The van der Waals surface area contributed by atoms with Crippen molar-refractivity contribution in [3.8, 4) is 5.75 Å². The van der Waals surface area contributed by atoms with Crippen LogP contribution in [0.2, 0.25) is 0 Å². The quantitative estimate of drug-likeness (QED) is 0.920.